The van der Waals surface area contributed by atoms with Crippen LogP contribution in [-0.4, -0.2) is 45.0 Å². The molecule has 0 saturated carbocycles. The van der Waals surface area contributed by atoms with Crippen LogP contribution in [0.2, 0.25) is 0 Å². The first-order valence-electron chi connectivity index (χ1n) is 11.9. The minimum atomic E-state index is -4.45. The summed E-state index contributed by atoms with van der Waals surface area (Å²) < 4.78 is 61.7. The zero-order valence-electron chi connectivity index (χ0n) is 21.5. The van der Waals surface area contributed by atoms with E-state index in [0.29, 0.717) is 47.5 Å². The second-order valence-corrected chi connectivity index (χ2v) is 9.15. The maximum atomic E-state index is 13.3. The lowest BCUT2D eigenvalue weighted by molar-refractivity contribution is -0.137. The SMILES string of the molecule is COc1ccc(CC2c3cc(OC)c(OC)cc3CCN2C(=S)Nc2cccc(C(F)(F)F)c2)cc1OC. The van der Waals surface area contributed by atoms with Gasteiger partial charge >= 0.3 is 6.18 Å². The zero-order valence-corrected chi connectivity index (χ0v) is 22.3. The average molecular weight is 547 g/mol. The van der Waals surface area contributed by atoms with Gasteiger partial charge in [0.2, 0.25) is 0 Å². The highest BCUT2D eigenvalue weighted by molar-refractivity contribution is 7.80. The Balaban J connectivity index is 1.71. The second-order valence-electron chi connectivity index (χ2n) is 8.77. The molecule has 0 bridgehead atoms. The van der Waals surface area contributed by atoms with Gasteiger partial charge in [-0.25, -0.2) is 0 Å². The van der Waals surface area contributed by atoms with E-state index in [4.69, 9.17) is 31.2 Å². The van der Waals surface area contributed by atoms with Crippen molar-refractivity contribution in [3.05, 3.63) is 76.9 Å². The lowest BCUT2D eigenvalue weighted by atomic mass is 9.88. The number of nitrogens with zero attached hydrogens (tertiary/aromatic N) is 1. The number of hydrogen-bond acceptors (Lipinski definition) is 5. The van der Waals surface area contributed by atoms with Gasteiger partial charge in [-0.15, -0.1) is 0 Å². The molecule has 1 heterocycles. The molecule has 0 spiro atoms. The number of thiocarbonyl (C=S) groups is 1. The van der Waals surface area contributed by atoms with Crippen molar-refractivity contribution in [2.75, 3.05) is 40.3 Å². The molecular formula is C28H29F3N2O4S. The van der Waals surface area contributed by atoms with Crippen molar-refractivity contribution in [1.29, 1.82) is 0 Å². The number of methoxy groups -OCH3 is 4. The summed E-state index contributed by atoms with van der Waals surface area (Å²) in [6.07, 6.45) is -3.23. The van der Waals surface area contributed by atoms with Crippen LogP contribution < -0.4 is 24.3 Å². The van der Waals surface area contributed by atoms with E-state index >= 15 is 0 Å². The van der Waals surface area contributed by atoms with Crippen LogP contribution in [0.15, 0.2) is 54.6 Å². The fourth-order valence-corrected chi connectivity index (χ4v) is 5.03. The molecule has 0 radical (unpaired) electrons. The van der Waals surface area contributed by atoms with E-state index in [9.17, 15) is 13.2 Å². The lowest BCUT2D eigenvalue weighted by Gasteiger charge is -2.39. The van der Waals surface area contributed by atoms with Crippen molar-refractivity contribution in [2.24, 2.45) is 0 Å². The van der Waals surface area contributed by atoms with Gasteiger partial charge < -0.3 is 29.2 Å². The smallest absolute Gasteiger partial charge is 0.416 e. The molecule has 1 unspecified atom stereocenters. The largest absolute Gasteiger partial charge is 0.493 e. The summed E-state index contributed by atoms with van der Waals surface area (Å²) in [6.45, 7) is 0.561. The summed E-state index contributed by atoms with van der Waals surface area (Å²) in [4.78, 5) is 2.00. The summed E-state index contributed by atoms with van der Waals surface area (Å²) in [5.41, 5.74) is 2.59. The van der Waals surface area contributed by atoms with Crippen LogP contribution in [0.3, 0.4) is 0 Å². The monoisotopic (exact) mass is 546 g/mol. The number of rotatable bonds is 7. The highest BCUT2D eigenvalue weighted by Crippen LogP contribution is 2.41. The van der Waals surface area contributed by atoms with E-state index in [1.165, 1.54) is 6.07 Å². The second kappa shape index (κ2) is 11.4. The van der Waals surface area contributed by atoms with Crippen LogP contribution in [0.1, 0.15) is 28.3 Å². The van der Waals surface area contributed by atoms with Crippen molar-refractivity contribution in [1.82, 2.24) is 4.90 Å². The number of fused-ring (bicyclic) bond motifs is 1. The average Bonchev–Trinajstić information content (AvgIpc) is 2.91. The van der Waals surface area contributed by atoms with E-state index in [0.717, 1.165) is 28.8 Å². The van der Waals surface area contributed by atoms with Gasteiger partial charge in [0.1, 0.15) is 0 Å². The third kappa shape index (κ3) is 5.75. The Morgan fingerprint density at radius 1 is 0.895 bits per heavy atom. The molecule has 202 valence electrons. The van der Waals surface area contributed by atoms with Crippen molar-refractivity contribution >= 4 is 23.0 Å². The van der Waals surface area contributed by atoms with Crippen molar-refractivity contribution in [3.8, 4) is 23.0 Å². The molecule has 3 aromatic carbocycles. The summed E-state index contributed by atoms with van der Waals surface area (Å²) in [7, 11) is 6.33. The van der Waals surface area contributed by atoms with Gasteiger partial charge in [0.05, 0.1) is 40.0 Å². The maximum absolute atomic E-state index is 13.3. The number of alkyl halides is 3. The molecule has 3 aromatic rings. The van der Waals surface area contributed by atoms with Crippen LogP contribution in [0.25, 0.3) is 0 Å². The van der Waals surface area contributed by atoms with Gasteiger partial charge in [-0.3, -0.25) is 0 Å². The topological polar surface area (TPSA) is 52.2 Å². The standard InChI is InChI=1S/C28H29F3N2O4S/c1-34-23-9-8-17(13-24(23)35-2)12-22-21-16-26(37-4)25(36-3)14-18(21)10-11-33(22)27(38)32-20-7-5-6-19(15-20)28(29,30)31/h5-9,13-16,22H,10-12H2,1-4H3,(H,32,38). The Labute approximate surface area is 225 Å². The van der Waals surface area contributed by atoms with E-state index in [1.54, 1.807) is 34.5 Å². The fraction of sp³-hybridized carbons (Fsp3) is 0.321. The third-order valence-corrected chi connectivity index (χ3v) is 6.92. The third-order valence-electron chi connectivity index (χ3n) is 6.58. The molecule has 10 heteroatoms. The van der Waals surface area contributed by atoms with Crippen LogP contribution >= 0.6 is 12.2 Å². The summed E-state index contributed by atoms with van der Waals surface area (Å²) >= 11 is 5.75. The highest BCUT2D eigenvalue weighted by atomic mass is 32.1. The van der Waals surface area contributed by atoms with Gasteiger partial charge in [0.25, 0.3) is 0 Å². The molecule has 1 atom stereocenters. The lowest BCUT2D eigenvalue weighted by Crippen LogP contribution is -2.43. The summed E-state index contributed by atoms with van der Waals surface area (Å²) in [5, 5.41) is 3.35. The summed E-state index contributed by atoms with van der Waals surface area (Å²) in [6, 6.07) is 14.4. The molecule has 1 N–H and O–H groups in total. The maximum Gasteiger partial charge on any atom is 0.416 e. The quantitative estimate of drug-likeness (QED) is 0.350. The molecule has 0 aliphatic carbocycles. The first-order valence-corrected chi connectivity index (χ1v) is 12.3. The summed E-state index contributed by atoms with van der Waals surface area (Å²) in [5.74, 6) is 2.44. The molecular weight excluding hydrogens is 517 g/mol. The predicted molar refractivity (Wildman–Crippen MR) is 144 cm³/mol. The van der Waals surface area contributed by atoms with Crippen molar-refractivity contribution in [2.45, 2.75) is 25.1 Å². The molecule has 0 amide bonds. The molecule has 38 heavy (non-hydrogen) atoms. The molecule has 6 nitrogen and oxygen atoms in total. The fourth-order valence-electron chi connectivity index (χ4n) is 4.69. The molecule has 0 aromatic heterocycles. The zero-order chi connectivity index (χ0) is 27.4. The molecule has 4 rings (SSSR count). The van der Waals surface area contributed by atoms with E-state index in [1.807, 2.05) is 35.2 Å². The first kappa shape index (κ1) is 27.4. The Morgan fingerprint density at radius 2 is 1.55 bits per heavy atom. The minimum Gasteiger partial charge on any atom is -0.493 e. The van der Waals surface area contributed by atoms with Gasteiger partial charge in [0, 0.05) is 12.2 Å². The Morgan fingerprint density at radius 3 is 2.21 bits per heavy atom. The van der Waals surface area contributed by atoms with Crippen LogP contribution in [0.4, 0.5) is 18.9 Å². The van der Waals surface area contributed by atoms with E-state index in [-0.39, 0.29) is 11.7 Å². The number of benzene rings is 3. The van der Waals surface area contributed by atoms with Gasteiger partial charge in [-0.2, -0.15) is 13.2 Å². The number of ether oxygens (including phenoxy) is 4. The molecule has 0 saturated heterocycles. The highest BCUT2D eigenvalue weighted by Gasteiger charge is 2.33. The molecule has 1 aliphatic heterocycles. The molecule has 1 aliphatic rings. The minimum absolute atomic E-state index is 0.234. The van der Waals surface area contributed by atoms with E-state index < -0.39 is 11.7 Å². The number of anilines is 1. The van der Waals surface area contributed by atoms with E-state index in [2.05, 4.69) is 5.32 Å². The number of hydrogen-bond donors (Lipinski definition) is 1. The van der Waals surface area contributed by atoms with Gasteiger partial charge in [-0.1, -0.05) is 12.1 Å². The number of nitrogens with one attached hydrogen (secondary N) is 1. The predicted octanol–water partition coefficient (Wildman–Crippen LogP) is 6.28. The Hall–Kier alpha value is -3.66. The Kier molecular flexibility index (Phi) is 8.20. The Bertz CT molecular complexity index is 1320. The molecule has 0 fully saturated rings. The number of halogens is 3. The van der Waals surface area contributed by atoms with Crippen molar-refractivity contribution < 1.29 is 32.1 Å². The van der Waals surface area contributed by atoms with Crippen molar-refractivity contribution in [3.63, 3.8) is 0 Å². The van der Waals surface area contributed by atoms with Gasteiger partial charge in [-0.05, 0) is 84.2 Å². The van der Waals surface area contributed by atoms with Crippen LogP contribution in [0, 0.1) is 0 Å². The normalized spacial score (nSPS) is 14.9. The van der Waals surface area contributed by atoms with Crippen LogP contribution in [-0.2, 0) is 19.0 Å². The van der Waals surface area contributed by atoms with Crippen LogP contribution in [0.5, 0.6) is 23.0 Å². The van der Waals surface area contributed by atoms with Gasteiger partial charge in [0.15, 0.2) is 28.1 Å². The first-order chi connectivity index (χ1) is 18.2.